The van der Waals surface area contributed by atoms with Gasteiger partial charge in [0.1, 0.15) is 5.58 Å². The molecule has 15 rings (SSSR count). The van der Waals surface area contributed by atoms with E-state index in [2.05, 4.69) is 205 Å². The minimum Gasteiger partial charge on any atom is -0.454 e. The molecule has 0 aliphatic heterocycles. The fraction of sp³-hybridized carbons (Fsp3) is 0.0156. The number of hydrogen-bond donors (Lipinski definition) is 0. The average molecular weight is 879 g/mol. The number of fused-ring (bicyclic) bond motifs is 16. The highest BCUT2D eigenvalue weighted by Crippen LogP contribution is 2.63. The first-order valence-corrected chi connectivity index (χ1v) is 23.5. The predicted molar refractivity (Wildman–Crippen MR) is 279 cm³/mol. The van der Waals surface area contributed by atoms with Crippen LogP contribution in [0.5, 0.6) is 0 Å². The highest BCUT2D eigenvalue weighted by Gasteiger charge is 2.51. The zero-order valence-corrected chi connectivity index (χ0v) is 37.1. The summed E-state index contributed by atoms with van der Waals surface area (Å²) in [6.07, 6.45) is 0. The molecule has 5 heteroatoms. The molecule has 0 bridgehead atoms. The quantitative estimate of drug-likeness (QED) is 0.173. The summed E-state index contributed by atoms with van der Waals surface area (Å²) in [6, 6.07) is 82.5. The first-order valence-electron chi connectivity index (χ1n) is 23.5. The van der Waals surface area contributed by atoms with Gasteiger partial charge in [-0.3, -0.25) is 0 Å². The molecular weight excluding hydrogens is 841 g/mol. The van der Waals surface area contributed by atoms with Gasteiger partial charge in [0.2, 0.25) is 0 Å². The third-order valence-electron chi connectivity index (χ3n) is 14.7. The van der Waals surface area contributed by atoms with E-state index >= 15 is 0 Å². The van der Waals surface area contributed by atoms with E-state index in [0.717, 1.165) is 66.5 Å². The van der Waals surface area contributed by atoms with Crippen molar-refractivity contribution < 1.29 is 4.42 Å². The van der Waals surface area contributed by atoms with E-state index in [0.29, 0.717) is 17.5 Å². The number of furan rings is 1. The van der Waals surface area contributed by atoms with E-state index in [-0.39, 0.29) is 0 Å². The largest absolute Gasteiger partial charge is 0.454 e. The van der Waals surface area contributed by atoms with Crippen molar-refractivity contribution in [1.29, 1.82) is 0 Å². The molecule has 5 nitrogen and oxygen atoms in total. The number of benzene rings is 10. The monoisotopic (exact) mass is 878 g/mol. The predicted octanol–water partition coefficient (Wildman–Crippen LogP) is 15.9. The van der Waals surface area contributed by atoms with Crippen LogP contribution in [0, 0.1) is 0 Å². The molecule has 320 valence electrons. The number of aromatic nitrogens is 4. The molecule has 0 amide bonds. The van der Waals surface area contributed by atoms with Crippen molar-refractivity contribution in [3.05, 3.63) is 253 Å². The fourth-order valence-electron chi connectivity index (χ4n) is 11.8. The summed E-state index contributed by atoms with van der Waals surface area (Å²) >= 11 is 0. The average Bonchev–Trinajstić information content (AvgIpc) is 4.15. The van der Waals surface area contributed by atoms with Crippen LogP contribution >= 0.6 is 0 Å². The van der Waals surface area contributed by atoms with E-state index in [9.17, 15) is 0 Å². The maximum atomic E-state index is 7.09. The van der Waals surface area contributed by atoms with Crippen molar-refractivity contribution in [2.24, 2.45) is 0 Å². The topological polar surface area (TPSA) is 56.7 Å². The summed E-state index contributed by atoms with van der Waals surface area (Å²) in [7, 11) is 0. The van der Waals surface area contributed by atoms with Gasteiger partial charge in [0, 0.05) is 38.2 Å². The van der Waals surface area contributed by atoms with Crippen LogP contribution in [-0.4, -0.2) is 19.5 Å². The lowest BCUT2D eigenvalue weighted by atomic mass is 9.70. The summed E-state index contributed by atoms with van der Waals surface area (Å²) in [4.78, 5) is 15.7. The molecule has 2 aliphatic rings. The van der Waals surface area contributed by atoms with Gasteiger partial charge in [-0.2, -0.15) is 0 Å². The van der Waals surface area contributed by atoms with Gasteiger partial charge in [0.05, 0.1) is 22.1 Å². The van der Waals surface area contributed by atoms with Crippen LogP contribution < -0.4 is 0 Å². The lowest BCUT2D eigenvalue weighted by Gasteiger charge is -2.30. The Hall–Kier alpha value is -9.19. The normalized spacial score (nSPS) is 13.0. The molecule has 0 unspecified atom stereocenters. The van der Waals surface area contributed by atoms with Crippen molar-refractivity contribution in [3.8, 4) is 73.2 Å². The van der Waals surface area contributed by atoms with Gasteiger partial charge in [-0.05, 0) is 92.0 Å². The highest BCUT2D eigenvalue weighted by molar-refractivity contribution is 6.17. The Morgan fingerprint density at radius 3 is 1.52 bits per heavy atom. The van der Waals surface area contributed by atoms with Gasteiger partial charge in [0.15, 0.2) is 23.1 Å². The molecule has 13 aromatic rings. The van der Waals surface area contributed by atoms with Gasteiger partial charge < -0.3 is 8.98 Å². The van der Waals surface area contributed by atoms with Gasteiger partial charge in [0.25, 0.3) is 0 Å². The van der Waals surface area contributed by atoms with Crippen LogP contribution in [-0.2, 0) is 5.41 Å². The molecule has 0 radical (unpaired) electrons. The Morgan fingerprint density at radius 2 is 0.841 bits per heavy atom. The summed E-state index contributed by atoms with van der Waals surface area (Å²) in [5, 5.41) is 4.32. The van der Waals surface area contributed by atoms with Crippen molar-refractivity contribution >= 4 is 43.7 Å². The van der Waals surface area contributed by atoms with Crippen LogP contribution in [0.15, 0.2) is 235 Å². The summed E-state index contributed by atoms with van der Waals surface area (Å²) in [5.41, 5.74) is 19.6. The van der Waals surface area contributed by atoms with Crippen LogP contribution in [0.3, 0.4) is 0 Å². The van der Waals surface area contributed by atoms with E-state index in [4.69, 9.17) is 19.4 Å². The summed E-state index contributed by atoms with van der Waals surface area (Å²) in [6.45, 7) is 0. The highest BCUT2D eigenvalue weighted by atomic mass is 16.3. The Labute approximate surface area is 397 Å². The molecule has 0 N–H and O–H groups in total. The maximum Gasteiger partial charge on any atom is 0.164 e. The molecule has 0 saturated heterocycles. The van der Waals surface area contributed by atoms with Crippen LogP contribution in [0.25, 0.3) is 117 Å². The summed E-state index contributed by atoms with van der Waals surface area (Å²) in [5.74, 6) is 1.78. The molecule has 0 fully saturated rings. The maximum absolute atomic E-state index is 7.09. The number of rotatable bonds is 5. The second-order valence-electron chi connectivity index (χ2n) is 18.2. The van der Waals surface area contributed by atoms with Crippen LogP contribution in [0.1, 0.15) is 22.3 Å². The Kier molecular flexibility index (Phi) is 7.93. The van der Waals surface area contributed by atoms with Crippen molar-refractivity contribution in [2.45, 2.75) is 5.41 Å². The number of para-hydroxylation sites is 2. The van der Waals surface area contributed by atoms with Crippen molar-refractivity contribution in [3.63, 3.8) is 0 Å². The van der Waals surface area contributed by atoms with Crippen LogP contribution in [0.2, 0.25) is 0 Å². The van der Waals surface area contributed by atoms with E-state index in [1.54, 1.807) is 0 Å². The van der Waals surface area contributed by atoms with Gasteiger partial charge >= 0.3 is 0 Å². The number of nitrogens with zero attached hydrogens (tertiary/aromatic N) is 4. The van der Waals surface area contributed by atoms with E-state index in [1.807, 2.05) is 30.3 Å². The molecular formula is C64H38N4O. The minimum atomic E-state index is -0.484. The zero-order valence-electron chi connectivity index (χ0n) is 37.1. The first kappa shape index (κ1) is 38.0. The molecule has 2 aliphatic carbocycles. The smallest absolute Gasteiger partial charge is 0.164 e. The molecule has 0 atom stereocenters. The molecule has 69 heavy (non-hydrogen) atoms. The molecule has 0 saturated carbocycles. The van der Waals surface area contributed by atoms with E-state index in [1.165, 1.54) is 55.3 Å². The second kappa shape index (κ2) is 14.4. The Morgan fingerprint density at radius 1 is 0.333 bits per heavy atom. The van der Waals surface area contributed by atoms with Gasteiger partial charge in [-0.1, -0.05) is 194 Å². The first-order chi connectivity index (χ1) is 34.2. The van der Waals surface area contributed by atoms with Gasteiger partial charge in [-0.15, -0.1) is 0 Å². The second-order valence-corrected chi connectivity index (χ2v) is 18.2. The Balaban J connectivity index is 0.989. The standard InChI is InChI=1S/C64H38N4O/c1-3-17-39(18-4-1)40-31-33-42(34-32-40)62-65-61(41-19-5-2-6-20-41)66-63(67-62)48-35-36-56(60-59(48)47-25-11-16-30-58(47)69-60)68-55-29-15-10-24-46(55)50-37-49-45-23-9-14-28-53(45)64(54(49)38-57(50)68)51-26-12-7-21-43(51)44-22-8-13-27-52(44)64/h1-38H. The SMILES string of the molecule is c1ccc(-c2ccc(-c3nc(-c4ccccc4)nc(-c4ccc(-n5c6ccccc6c6cc7c(cc65)C5(c6ccccc6-c6ccccc65)c5ccccc5-7)c5oc6ccccc6c45)n3)cc2)cc1. The van der Waals surface area contributed by atoms with E-state index < -0.39 is 5.41 Å². The van der Waals surface area contributed by atoms with Gasteiger partial charge in [-0.25, -0.2) is 15.0 Å². The molecule has 10 aromatic carbocycles. The lowest BCUT2D eigenvalue weighted by Crippen LogP contribution is -2.25. The fourth-order valence-corrected chi connectivity index (χ4v) is 11.8. The van der Waals surface area contributed by atoms with Crippen molar-refractivity contribution in [1.82, 2.24) is 19.5 Å². The van der Waals surface area contributed by atoms with Crippen LogP contribution in [0.4, 0.5) is 0 Å². The summed E-state index contributed by atoms with van der Waals surface area (Å²) < 4.78 is 9.51. The van der Waals surface area contributed by atoms with Crippen molar-refractivity contribution in [2.75, 3.05) is 0 Å². The lowest BCUT2D eigenvalue weighted by molar-refractivity contribution is 0.666. The Bertz CT molecular complexity index is 4200. The minimum absolute atomic E-state index is 0.484. The molecule has 3 heterocycles. The third-order valence-corrected chi connectivity index (χ3v) is 14.7. The molecule has 1 spiro atoms. The zero-order chi connectivity index (χ0) is 45.2. The third kappa shape index (κ3) is 5.32. The number of hydrogen-bond acceptors (Lipinski definition) is 4. The molecule has 3 aromatic heterocycles.